The lowest BCUT2D eigenvalue weighted by Crippen LogP contribution is -2.51. The Labute approximate surface area is 126 Å². The molecule has 0 aliphatic carbocycles. The first-order chi connectivity index (χ1) is 9.03. The Morgan fingerprint density at radius 3 is 2.10 bits per heavy atom. The third-order valence-corrected chi connectivity index (χ3v) is 5.62. The van der Waals surface area contributed by atoms with Gasteiger partial charge in [0.05, 0.1) is 6.04 Å². The zero-order chi connectivity index (χ0) is 15.3. The SMILES string of the molecule is CC(C)(C)C(=O)C1C2CSCC2CN1C(=O)C(C)(C)C. The molecule has 2 rings (SSSR count). The fraction of sp³-hybridized carbons (Fsp3) is 0.875. The molecule has 0 saturated carbocycles. The molecule has 3 nitrogen and oxygen atoms in total. The molecule has 2 heterocycles. The van der Waals surface area contributed by atoms with Gasteiger partial charge < -0.3 is 4.90 Å². The molecule has 2 fully saturated rings. The van der Waals surface area contributed by atoms with E-state index in [0.29, 0.717) is 11.8 Å². The van der Waals surface area contributed by atoms with Crippen LogP contribution in [0.1, 0.15) is 41.5 Å². The Bertz CT molecular complexity index is 419. The first-order valence-corrected chi connectivity index (χ1v) is 8.62. The van der Waals surface area contributed by atoms with E-state index in [9.17, 15) is 9.59 Å². The quantitative estimate of drug-likeness (QED) is 0.747. The molecule has 1 amide bonds. The third kappa shape index (κ3) is 2.76. The lowest BCUT2D eigenvalue weighted by Gasteiger charge is -2.35. The highest BCUT2D eigenvalue weighted by Crippen LogP contribution is 2.43. The maximum absolute atomic E-state index is 12.8. The van der Waals surface area contributed by atoms with Crippen LogP contribution in [0.4, 0.5) is 0 Å². The number of fused-ring (bicyclic) bond motifs is 1. The van der Waals surface area contributed by atoms with Crippen LogP contribution in [0.25, 0.3) is 0 Å². The molecule has 3 atom stereocenters. The second-order valence-corrected chi connectivity index (χ2v) is 9.30. The Morgan fingerprint density at radius 2 is 1.60 bits per heavy atom. The molecule has 3 unspecified atom stereocenters. The zero-order valence-corrected chi connectivity index (χ0v) is 14.3. The van der Waals surface area contributed by atoms with Crippen molar-refractivity contribution in [2.24, 2.45) is 22.7 Å². The Hall–Kier alpha value is -0.510. The van der Waals surface area contributed by atoms with Gasteiger partial charge in [-0.2, -0.15) is 11.8 Å². The summed E-state index contributed by atoms with van der Waals surface area (Å²) in [6.07, 6.45) is 0. The molecule has 0 aromatic rings. The largest absolute Gasteiger partial charge is 0.332 e. The molecular formula is C16H27NO2S. The van der Waals surface area contributed by atoms with E-state index in [-0.39, 0.29) is 23.1 Å². The number of ketones is 1. The lowest BCUT2D eigenvalue weighted by molar-refractivity contribution is -0.147. The summed E-state index contributed by atoms with van der Waals surface area (Å²) in [5.41, 5.74) is -0.800. The van der Waals surface area contributed by atoms with Gasteiger partial charge in [0.25, 0.3) is 0 Å². The molecule has 2 aliphatic rings. The van der Waals surface area contributed by atoms with Gasteiger partial charge in [0.15, 0.2) is 5.78 Å². The third-order valence-electron chi connectivity index (χ3n) is 4.33. The average Bonchev–Trinajstić information content (AvgIpc) is 2.83. The van der Waals surface area contributed by atoms with E-state index in [1.54, 1.807) is 0 Å². The van der Waals surface area contributed by atoms with Crippen LogP contribution in [0.3, 0.4) is 0 Å². The van der Waals surface area contributed by atoms with Crippen molar-refractivity contribution in [1.29, 1.82) is 0 Å². The molecule has 0 aromatic heterocycles. The molecule has 4 heteroatoms. The van der Waals surface area contributed by atoms with Gasteiger partial charge >= 0.3 is 0 Å². The van der Waals surface area contributed by atoms with Gasteiger partial charge in [0.1, 0.15) is 0 Å². The van der Waals surface area contributed by atoms with Crippen molar-refractivity contribution in [3.8, 4) is 0 Å². The Morgan fingerprint density at radius 1 is 1.00 bits per heavy atom. The normalized spacial score (nSPS) is 30.5. The standard InChI is InChI=1S/C16H27NO2S/c1-15(2,3)13(18)12-11-9-20-8-10(11)7-17(12)14(19)16(4,5)6/h10-12H,7-9H2,1-6H3. The van der Waals surface area contributed by atoms with Crippen molar-refractivity contribution in [1.82, 2.24) is 4.90 Å². The first kappa shape index (κ1) is 15.9. The van der Waals surface area contributed by atoms with Gasteiger partial charge in [-0.3, -0.25) is 9.59 Å². The molecule has 0 N–H and O–H groups in total. The fourth-order valence-electron chi connectivity index (χ4n) is 3.17. The number of hydrogen-bond donors (Lipinski definition) is 0. The van der Waals surface area contributed by atoms with Crippen molar-refractivity contribution in [2.45, 2.75) is 47.6 Å². The predicted molar refractivity (Wildman–Crippen MR) is 83.7 cm³/mol. The van der Waals surface area contributed by atoms with Crippen LogP contribution in [0.15, 0.2) is 0 Å². The second kappa shape index (κ2) is 5.04. The highest BCUT2D eigenvalue weighted by atomic mass is 32.2. The fourth-order valence-corrected chi connectivity index (χ4v) is 4.69. The predicted octanol–water partition coefficient (Wildman–Crippen LogP) is 2.84. The number of thioether (sulfide) groups is 1. The number of nitrogens with zero attached hydrogens (tertiary/aromatic N) is 1. The van der Waals surface area contributed by atoms with E-state index in [1.807, 2.05) is 58.2 Å². The summed E-state index contributed by atoms with van der Waals surface area (Å²) in [6, 6.07) is -0.207. The Kier molecular flexibility index (Phi) is 4.00. The molecular weight excluding hydrogens is 270 g/mol. The van der Waals surface area contributed by atoms with Gasteiger partial charge in [-0.25, -0.2) is 0 Å². The molecule has 2 saturated heterocycles. The summed E-state index contributed by atoms with van der Waals surface area (Å²) >= 11 is 1.93. The highest BCUT2D eigenvalue weighted by Gasteiger charge is 2.52. The second-order valence-electron chi connectivity index (χ2n) is 8.23. The first-order valence-electron chi connectivity index (χ1n) is 7.46. The molecule has 2 aliphatic heterocycles. The number of hydrogen-bond acceptors (Lipinski definition) is 3. The van der Waals surface area contributed by atoms with Gasteiger partial charge in [-0.1, -0.05) is 41.5 Å². The van der Waals surface area contributed by atoms with Crippen molar-refractivity contribution in [3.63, 3.8) is 0 Å². The molecule has 114 valence electrons. The number of rotatable bonds is 1. The lowest BCUT2D eigenvalue weighted by atomic mass is 9.80. The summed E-state index contributed by atoms with van der Waals surface area (Å²) < 4.78 is 0. The van der Waals surface area contributed by atoms with Crippen molar-refractivity contribution < 1.29 is 9.59 Å². The van der Waals surface area contributed by atoms with Crippen LogP contribution < -0.4 is 0 Å². The van der Waals surface area contributed by atoms with E-state index in [1.165, 1.54) is 0 Å². The molecule has 0 spiro atoms. The smallest absolute Gasteiger partial charge is 0.228 e. The van der Waals surface area contributed by atoms with Crippen LogP contribution in [-0.4, -0.2) is 40.7 Å². The Balaban J connectivity index is 2.31. The maximum atomic E-state index is 12.8. The number of likely N-dealkylation sites (tertiary alicyclic amines) is 1. The molecule has 0 bridgehead atoms. The van der Waals surface area contributed by atoms with E-state index in [4.69, 9.17) is 0 Å². The average molecular weight is 297 g/mol. The van der Waals surface area contributed by atoms with Crippen LogP contribution in [-0.2, 0) is 9.59 Å². The summed E-state index contributed by atoms with van der Waals surface area (Å²) in [5, 5.41) is 0. The minimum atomic E-state index is -0.414. The van der Waals surface area contributed by atoms with Gasteiger partial charge in [-0.15, -0.1) is 0 Å². The van der Waals surface area contributed by atoms with E-state index in [2.05, 4.69) is 0 Å². The van der Waals surface area contributed by atoms with E-state index < -0.39 is 5.41 Å². The number of amides is 1. The highest BCUT2D eigenvalue weighted by molar-refractivity contribution is 7.99. The number of carbonyl (C=O) groups excluding carboxylic acids is 2. The summed E-state index contributed by atoms with van der Waals surface area (Å²) in [7, 11) is 0. The van der Waals surface area contributed by atoms with Crippen LogP contribution in [0.5, 0.6) is 0 Å². The summed E-state index contributed by atoms with van der Waals surface area (Å²) in [4.78, 5) is 27.4. The van der Waals surface area contributed by atoms with Crippen LogP contribution >= 0.6 is 11.8 Å². The molecule has 20 heavy (non-hydrogen) atoms. The van der Waals surface area contributed by atoms with E-state index in [0.717, 1.165) is 18.1 Å². The van der Waals surface area contributed by atoms with Gasteiger partial charge in [0, 0.05) is 23.3 Å². The molecule has 0 radical (unpaired) electrons. The van der Waals surface area contributed by atoms with Crippen LogP contribution in [0, 0.1) is 22.7 Å². The van der Waals surface area contributed by atoms with Crippen molar-refractivity contribution in [2.75, 3.05) is 18.1 Å². The molecule has 0 aromatic carbocycles. The number of carbonyl (C=O) groups is 2. The van der Waals surface area contributed by atoms with Crippen molar-refractivity contribution >= 4 is 23.5 Å². The minimum Gasteiger partial charge on any atom is -0.332 e. The zero-order valence-electron chi connectivity index (χ0n) is 13.5. The maximum Gasteiger partial charge on any atom is 0.228 e. The summed E-state index contributed by atoms with van der Waals surface area (Å²) in [5.74, 6) is 3.32. The monoisotopic (exact) mass is 297 g/mol. The number of Topliss-reactive ketones (excluding diaryl/α,β-unsaturated/α-hetero) is 1. The minimum absolute atomic E-state index is 0.125. The van der Waals surface area contributed by atoms with Gasteiger partial charge in [0.2, 0.25) is 5.91 Å². The van der Waals surface area contributed by atoms with Crippen molar-refractivity contribution in [3.05, 3.63) is 0 Å². The van der Waals surface area contributed by atoms with E-state index >= 15 is 0 Å². The van der Waals surface area contributed by atoms with Crippen LogP contribution in [0.2, 0.25) is 0 Å². The van der Waals surface area contributed by atoms with Gasteiger partial charge in [-0.05, 0) is 17.4 Å². The topological polar surface area (TPSA) is 37.4 Å². The summed E-state index contributed by atoms with van der Waals surface area (Å²) in [6.45, 7) is 12.5.